The molecule has 0 amide bonds. The Balaban J connectivity index is 2.24. The van der Waals surface area contributed by atoms with Gasteiger partial charge < -0.3 is 10.6 Å². The van der Waals surface area contributed by atoms with Crippen LogP contribution in [0.1, 0.15) is 37.3 Å². The molecule has 88 valence electrons. The summed E-state index contributed by atoms with van der Waals surface area (Å²) in [5.41, 5.74) is 8.13. The number of nitrogen functional groups attached to an aromatic ring is 1. The van der Waals surface area contributed by atoms with E-state index >= 15 is 0 Å². The molecular formula is C14H22N2. The summed E-state index contributed by atoms with van der Waals surface area (Å²) >= 11 is 0. The van der Waals surface area contributed by atoms with Gasteiger partial charge in [-0.1, -0.05) is 25.0 Å². The lowest BCUT2D eigenvalue weighted by atomic mass is 9.90. The fourth-order valence-corrected chi connectivity index (χ4v) is 3.01. The van der Waals surface area contributed by atoms with Gasteiger partial charge in [-0.15, -0.1) is 0 Å². The van der Waals surface area contributed by atoms with E-state index in [0.29, 0.717) is 6.04 Å². The molecule has 0 bridgehead atoms. The van der Waals surface area contributed by atoms with Crippen LogP contribution in [0, 0.1) is 5.92 Å². The first kappa shape index (κ1) is 11.5. The molecule has 1 saturated carbocycles. The fraction of sp³-hybridized carbons (Fsp3) is 0.571. The highest BCUT2D eigenvalue weighted by Gasteiger charge is 2.27. The SMILES string of the molecule is CN(C)C(c1cccc(N)c1)C1CCCC1. The van der Waals surface area contributed by atoms with Crippen molar-refractivity contribution < 1.29 is 0 Å². The van der Waals surface area contributed by atoms with E-state index in [-0.39, 0.29) is 0 Å². The van der Waals surface area contributed by atoms with E-state index in [9.17, 15) is 0 Å². The van der Waals surface area contributed by atoms with Crippen molar-refractivity contribution in [2.24, 2.45) is 5.92 Å². The Kier molecular flexibility index (Phi) is 3.49. The van der Waals surface area contributed by atoms with E-state index < -0.39 is 0 Å². The second-order valence-corrected chi connectivity index (χ2v) is 5.12. The maximum Gasteiger partial charge on any atom is 0.0370 e. The minimum absolute atomic E-state index is 0.533. The lowest BCUT2D eigenvalue weighted by Crippen LogP contribution is -2.26. The van der Waals surface area contributed by atoms with E-state index in [1.165, 1.54) is 31.2 Å². The van der Waals surface area contributed by atoms with E-state index in [4.69, 9.17) is 5.73 Å². The van der Waals surface area contributed by atoms with Crippen LogP contribution in [0.2, 0.25) is 0 Å². The van der Waals surface area contributed by atoms with Crippen molar-refractivity contribution in [3.8, 4) is 0 Å². The lowest BCUT2D eigenvalue weighted by molar-refractivity contribution is 0.214. The quantitative estimate of drug-likeness (QED) is 0.790. The summed E-state index contributed by atoms with van der Waals surface area (Å²) in [5.74, 6) is 0.803. The van der Waals surface area contributed by atoms with Gasteiger partial charge in [0.25, 0.3) is 0 Å². The molecule has 1 aliphatic carbocycles. The third-order valence-electron chi connectivity index (χ3n) is 3.65. The second-order valence-electron chi connectivity index (χ2n) is 5.12. The normalized spacial score (nSPS) is 19.2. The number of nitrogens with zero attached hydrogens (tertiary/aromatic N) is 1. The molecule has 0 saturated heterocycles. The van der Waals surface area contributed by atoms with Gasteiger partial charge in [-0.3, -0.25) is 0 Å². The monoisotopic (exact) mass is 218 g/mol. The molecule has 0 heterocycles. The largest absolute Gasteiger partial charge is 0.399 e. The van der Waals surface area contributed by atoms with Gasteiger partial charge in [0.1, 0.15) is 0 Å². The molecule has 2 rings (SSSR count). The summed E-state index contributed by atoms with van der Waals surface area (Å²) in [6, 6.07) is 8.90. The molecule has 1 atom stereocenters. The molecule has 0 spiro atoms. The van der Waals surface area contributed by atoms with Crippen molar-refractivity contribution in [2.75, 3.05) is 19.8 Å². The van der Waals surface area contributed by atoms with Gasteiger partial charge in [0.2, 0.25) is 0 Å². The van der Waals surface area contributed by atoms with E-state index in [0.717, 1.165) is 11.6 Å². The van der Waals surface area contributed by atoms with Gasteiger partial charge in [-0.2, -0.15) is 0 Å². The molecule has 16 heavy (non-hydrogen) atoms. The third-order valence-corrected chi connectivity index (χ3v) is 3.65. The van der Waals surface area contributed by atoms with Gasteiger partial charge in [0, 0.05) is 11.7 Å². The van der Waals surface area contributed by atoms with Crippen LogP contribution >= 0.6 is 0 Å². The molecule has 0 aliphatic heterocycles. The lowest BCUT2D eigenvalue weighted by Gasteiger charge is -2.30. The number of anilines is 1. The molecular weight excluding hydrogens is 196 g/mol. The standard InChI is InChI=1S/C14H22N2/c1-16(2)14(11-6-3-4-7-11)12-8-5-9-13(15)10-12/h5,8-11,14H,3-4,6-7,15H2,1-2H3. The highest BCUT2D eigenvalue weighted by molar-refractivity contribution is 5.41. The topological polar surface area (TPSA) is 29.3 Å². The summed E-state index contributed by atoms with van der Waals surface area (Å²) in [6.45, 7) is 0. The second kappa shape index (κ2) is 4.88. The summed E-state index contributed by atoms with van der Waals surface area (Å²) in [4.78, 5) is 2.34. The Labute approximate surface area is 98.4 Å². The zero-order valence-corrected chi connectivity index (χ0v) is 10.3. The van der Waals surface area contributed by atoms with E-state index in [1.807, 2.05) is 6.07 Å². The molecule has 1 aromatic carbocycles. The van der Waals surface area contributed by atoms with Crippen LogP contribution in [0.5, 0.6) is 0 Å². The highest BCUT2D eigenvalue weighted by atomic mass is 15.1. The Morgan fingerprint density at radius 1 is 1.25 bits per heavy atom. The Morgan fingerprint density at radius 2 is 1.94 bits per heavy atom. The summed E-state index contributed by atoms with van der Waals surface area (Å²) in [7, 11) is 4.35. The first-order valence-electron chi connectivity index (χ1n) is 6.20. The predicted octanol–water partition coefficient (Wildman–Crippen LogP) is 3.06. The van der Waals surface area contributed by atoms with Crippen molar-refractivity contribution >= 4 is 5.69 Å². The van der Waals surface area contributed by atoms with Crippen LogP contribution in [0.15, 0.2) is 24.3 Å². The van der Waals surface area contributed by atoms with Crippen molar-refractivity contribution in [1.29, 1.82) is 0 Å². The Morgan fingerprint density at radius 3 is 2.50 bits per heavy atom. The third kappa shape index (κ3) is 2.38. The van der Waals surface area contributed by atoms with Crippen molar-refractivity contribution in [1.82, 2.24) is 4.90 Å². The van der Waals surface area contributed by atoms with Crippen LogP contribution < -0.4 is 5.73 Å². The van der Waals surface area contributed by atoms with E-state index in [2.05, 4.69) is 37.2 Å². The average Bonchev–Trinajstić information content (AvgIpc) is 2.71. The number of benzene rings is 1. The van der Waals surface area contributed by atoms with Crippen molar-refractivity contribution in [3.63, 3.8) is 0 Å². The summed E-state index contributed by atoms with van der Waals surface area (Å²) < 4.78 is 0. The minimum atomic E-state index is 0.533. The molecule has 1 fully saturated rings. The van der Waals surface area contributed by atoms with Gasteiger partial charge in [0.05, 0.1) is 0 Å². The number of hydrogen-bond donors (Lipinski definition) is 1. The molecule has 2 N–H and O–H groups in total. The average molecular weight is 218 g/mol. The first-order valence-corrected chi connectivity index (χ1v) is 6.20. The zero-order valence-electron chi connectivity index (χ0n) is 10.3. The predicted molar refractivity (Wildman–Crippen MR) is 69.2 cm³/mol. The Hall–Kier alpha value is -1.02. The van der Waals surface area contributed by atoms with Crippen molar-refractivity contribution in [2.45, 2.75) is 31.7 Å². The maximum atomic E-state index is 5.88. The molecule has 0 aromatic heterocycles. The summed E-state index contributed by atoms with van der Waals surface area (Å²) in [5, 5.41) is 0. The number of rotatable bonds is 3. The molecule has 1 aromatic rings. The molecule has 2 nitrogen and oxygen atoms in total. The Bertz CT molecular complexity index is 340. The number of nitrogens with two attached hydrogens (primary N) is 1. The molecule has 0 radical (unpaired) electrons. The van der Waals surface area contributed by atoms with Gasteiger partial charge in [0.15, 0.2) is 0 Å². The van der Waals surface area contributed by atoms with Crippen LogP contribution in [0.25, 0.3) is 0 Å². The number of hydrogen-bond acceptors (Lipinski definition) is 2. The minimum Gasteiger partial charge on any atom is -0.399 e. The van der Waals surface area contributed by atoms with E-state index in [1.54, 1.807) is 0 Å². The van der Waals surface area contributed by atoms with Crippen LogP contribution in [0.3, 0.4) is 0 Å². The van der Waals surface area contributed by atoms with Crippen LogP contribution in [0.4, 0.5) is 5.69 Å². The van der Waals surface area contributed by atoms with Gasteiger partial charge in [-0.25, -0.2) is 0 Å². The molecule has 1 unspecified atom stereocenters. The molecule has 1 aliphatic rings. The highest BCUT2D eigenvalue weighted by Crippen LogP contribution is 2.38. The van der Waals surface area contributed by atoms with Crippen LogP contribution in [-0.4, -0.2) is 19.0 Å². The first-order chi connectivity index (χ1) is 7.68. The van der Waals surface area contributed by atoms with Gasteiger partial charge in [-0.05, 0) is 50.6 Å². The van der Waals surface area contributed by atoms with Gasteiger partial charge >= 0.3 is 0 Å². The smallest absolute Gasteiger partial charge is 0.0370 e. The zero-order chi connectivity index (χ0) is 11.5. The fourth-order valence-electron chi connectivity index (χ4n) is 3.01. The summed E-state index contributed by atoms with van der Waals surface area (Å²) in [6.07, 6.45) is 5.49. The molecule has 2 heteroatoms. The van der Waals surface area contributed by atoms with Crippen molar-refractivity contribution in [3.05, 3.63) is 29.8 Å². The van der Waals surface area contributed by atoms with Crippen LogP contribution in [-0.2, 0) is 0 Å². The maximum absolute atomic E-state index is 5.88.